The van der Waals surface area contributed by atoms with Crippen molar-refractivity contribution in [2.75, 3.05) is 15.8 Å². The van der Waals surface area contributed by atoms with Crippen molar-refractivity contribution in [1.82, 2.24) is 9.78 Å². The lowest BCUT2D eigenvalue weighted by atomic mass is 10.1. The van der Waals surface area contributed by atoms with E-state index in [-0.39, 0.29) is 11.7 Å². The lowest BCUT2D eigenvalue weighted by molar-refractivity contribution is 0.102. The topological polar surface area (TPSA) is 93.1 Å². The van der Waals surface area contributed by atoms with Crippen LogP contribution in [0.25, 0.3) is 0 Å². The van der Waals surface area contributed by atoms with Gasteiger partial charge in [0, 0.05) is 23.6 Å². The predicted octanol–water partition coefficient (Wildman–Crippen LogP) is 3.64. The zero-order valence-electron chi connectivity index (χ0n) is 16.4. The average molecular weight is 413 g/mol. The lowest BCUT2D eigenvalue weighted by Crippen LogP contribution is -2.18. The number of hydrogen-bond donors (Lipinski definition) is 2. The molecule has 0 atom stereocenters. The van der Waals surface area contributed by atoms with Crippen LogP contribution in [0.3, 0.4) is 0 Å². The van der Waals surface area contributed by atoms with Crippen LogP contribution in [0.5, 0.6) is 0 Å². The SMILES string of the molecule is CCCS(=O)(=O)Nc1cccc(NC(=O)c2ccc(Cn3cccn3)cc2)c1C. The molecule has 0 aliphatic heterocycles. The van der Waals surface area contributed by atoms with Crippen molar-refractivity contribution in [3.63, 3.8) is 0 Å². The van der Waals surface area contributed by atoms with Gasteiger partial charge in [0.05, 0.1) is 18.0 Å². The quantitative estimate of drug-likeness (QED) is 0.591. The summed E-state index contributed by atoms with van der Waals surface area (Å²) < 4.78 is 28.5. The summed E-state index contributed by atoms with van der Waals surface area (Å²) in [6, 6.07) is 14.3. The number of hydrogen-bond acceptors (Lipinski definition) is 4. The molecule has 1 amide bonds. The smallest absolute Gasteiger partial charge is 0.255 e. The van der Waals surface area contributed by atoms with Crippen LogP contribution in [0.1, 0.15) is 34.8 Å². The second-order valence-electron chi connectivity index (χ2n) is 6.75. The van der Waals surface area contributed by atoms with E-state index in [2.05, 4.69) is 15.1 Å². The Bertz CT molecular complexity index is 1080. The molecule has 0 saturated heterocycles. The van der Waals surface area contributed by atoms with Gasteiger partial charge in [-0.05, 0) is 54.8 Å². The van der Waals surface area contributed by atoms with Crippen LogP contribution in [0.2, 0.25) is 0 Å². The molecule has 2 aromatic carbocycles. The third kappa shape index (κ3) is 5.45. The first-order chi connectivity index (χ1) is 13.9. The number of benzene rings is 2. The monoisotopic (exact) mass is 412 g/mol. The van der Waals surface area contributed by atoms with Crippen LogP contribution < -0.4 is 10.0 Å². The molecule has 2 N–H and O–H groups in total. The Morgan fingerprint density at radius 1 is 1.07 bits per heavy atom. The number of nitrogens with one attached hydrogen (secondary N) is 2. The number of carbonyl (C=O) groups is 1. The Hall–Kier alpha value is -3.13. The first-order valence-electron chi connectivity index (χ1n) is 9.36. The fourth-order valence-corrected chi connectivity index (χ4v) is 4.10. The minimum absolute atomic E-state index is 0.0495. The molecule has 152 valence electrons. The van der Waals surface area contributed by atoms with Gasteiger partial charge in [-0.25, -0.2) is 8.42 Å². The second kappa shape index (κ2) is 8.91. The molecule has 0 bridgehead atoms. The van der Waals surface area contributed by atoms with E-state index in [1.807, 2.05) is 36.0 Å². The van der Waals surface area contributed by atoms with E-state index in [1.54, 1.807) is 43.5 Å². The van der Waals surface area contributed by atoms with Crippen LogP contribution in [0.15, 0.2) is 60.9 Å². The maximum absolute atomic E-state index is 12.6. The summed E-state index contributed by atoms with van der Waals surface area (Å²) in [6.45, 7) is 4.21. The number of amides is 1. The van der Waals surface area contributed by atoms with Gasteiger partial charge < -0.3 is 5.32 Å². The Labute approximate surface area is 170 Å². The normalized spacial score (nSPS) is 11.2. The maximum atomic E-state index is 12.6. The first-order valence-corrected chi connectivity index (χ1v) is 11.0. The molecule has 3 aromatic rings. The van der Waals surface area contributed by atoms with E-state index in [0.29, 0.717) is 35.5 Å². The highest BCUT2D eigenvalue weighted by molar-refractivity contribution is 7.92. The van der Waals surface area contributed by atoms with Gasteiger partial charge in [-0.2, -0.15) is 5.10 Å². The number of sulfonamides is 1. The van der Waals surface area contributed by atoms with Gasteiger partial charge in [0.15, 0.2) is 0 Å². The predicted molar refractivity (Wildman–Crippen MR) is 115 cm³/mol. The van der Waals surface area contributed by atoms with Crippen molar-refractivity contribution in [3.8, 4) is 0 Å². The molecule has 0 fully saturated rings. The third-order valence-corrected chi connectivity index (χ3v) is 5.92. The van der Waals surface area contributed by atoms with Crippen molar-refractivity contribution in [3.05, 3.63) is 77.6 Å². The molecule has 29 heavy (non-hydrogen) atoms. The molecule has 3 rings (SSSR count). The van der Waals surface area contributed by atoms with Gasteiger partial charge >= 0.3 is 0 Å². The molecule has 8 heteroatoms. The number of anilines is 2. The Balaban J connectivity index is 1.71. The minimum Gasteiger partial charge on any atom is -0.322 e. The lowest BCUT2D eigenvalue weighted by Gasteiger charge is -2.14. The van der Waals surface area contributed by atoms with E-state index in [4.69, 9.17) is 0 Å². The molecule has 0 aliphatic carbocycles. The second-order valence-corrected chi connectivity index (χ2v) is 8.60. The Morgan fingerprint density at radius 3 is 2.45 bits per heavy atom. The highest BCUT2D eigenvalue weighted by Gasteiger charge is 2.14. The largest absolute Gasteiger partial charge is 0.322 e. The summed E-state index contributed by atoms with van der Waals surface area (Å²) in [4.78, 5) is 12.6. The molecule has 7 nitrogen and oxygen atoms in total. The van der Waals surface area contributed by atoms with Crippen LogP contribution in [-0.4, -0.2) is 29.9 Å². The zero-order valence-corrected chi connectivity index (χ0v) is 17.2. The van der Waals surface area contributed by atoms with Gasteiger partial charge in [0.1, 0.15) is 0 Å². The summed E-state index contributed by atoms with van der Waals surface area (Å²) in [5.74, 6) is -0.208. The number of carbonyl (C=O) groups excluding carboxylic acids is 1. The van der Waals surface area contributed by atoms with Crippen molar-refractivity contribution >= 4 is 27.3 Å². The highest BCUT2D eigenvalue weighted by atomic mass is 32.2. The van der Waals surface area contributed by atoms with Gasteiger partial charge in [-0.1, -0.05) is 25.1 Å². The fraction of sp³-hybridized carbons (Fsp3) is 0.238. The highest BCUT2D eigenvalue weighted by Crippen LogP contribution is 2.25. The Morgan fingerprint density at radius 2 is 1.79 bits per heavy atom. The standard InChI is InChI=1S/C21H24N4O3S/c1-3-14-29(27,28)24-20-7-4-6-19(16(20)2)23-21(26)18-10-8-17(9-11-18)15-25-13-5-12-22-25/h4-13,24H,3,14-15H2,1-2H3,(H,23,26). The minimum atomic E-state index is -3.40. The summed E-state index contributed by atoms with van der Waals surface area (Å²) in [5.41, 5.74) is 3.24. The number of rotatable bonds is 8. The molecule has 1 aromatic heterocycles. The summed E-state index contributed by atoms with van der Waals surface area (Å²) >= 11 is 0. The Kier molecular flexibility index (Phi) is 6.33. The van der Waals surface area contributed by atoms with E-state index < -0.39 is 10.0 Å². The summed E-state index contributed by atoms with van der Waals surface area (Å²) in [5, 5.41) is 7.03. The van der Waals surface area contributed by atoms with E-state index in [1.165, 1.54) is 0 Å². The van der Waals surface area contributed by atoms with E-state index in [9.17, 15) is 13.2 Å². The van der Waals surface area contributed by atoms with Crippen molar-refractivity contribution < 1.29 is 13.2 Å². The molecule has 0 aliphatic rings. The van der Waals surface area contributed by atoms with E-state index >= 15 is 0 Å². The molecular formula is C21H24N4O3S. The third-order valence-electron chi connectivity index (χ3n) is 4.44. The zero-order chi connectivity index (χ0) is 20.9. The molecule has 1 heterocycles. The van der Waals surface area contributed by atoms with Crippen molar-refractivity contribution in [2.24, 2.45) is 0 Å². The van der Waals surface area contributed by atoms with Gasteiger partial charge in [-0.3, -0.25) is 14.2 Å². The molecule has 0 saturated carbocycles. The average Bonchev–Trinajstić information content (AvgIpc) is 3.18. The van der Waals surface area contributed by atoms with Gasteiger partial charge in [0.2, 0.25) is 10.0 Å². The number of nitrogens with zero attached hydrogens (tertiary/aromatic N) is 2. The molecule has 0 radical (unpaired) electrons. The van der Waals surface area contributed by atoms with Crippen LogP contribution in [-0.2, 0) is 16.6 Å². The van der Waals surface area contributed by atoms with E-state index in [0.717, 1.165) is 5.56 Å². The molecule has 0 unspecified atom stereocenters. The van der Waals surface area contributed by atoms with Crippen molar-refractivity contribution in [1.29, 1.82) is 0 Å². The molecular weight excluding hydrogens is 388 g/mol. The number of aromatic nitrogens is 2. The van der Waals surface area contributed by atoms with Gasteiger partial charge in [-0.15, -0.1) is 0 Å². The van der Waals surface area contributed by atoms with Crippen LogP contribution in [0.4, 0.5) is 11.4 Å². The van der Waals surface area contributed by atoms with Gasteiger partial charge in [0.25, 0.3) is 5.91 Å². The first kappa shape index (κ1) is 20.6. The summed E-state index contributed by atoms with van der Waals surface area (Å²) in [7, 11) is -3.40. The maximum Gasteiger partial charge on any atom is 0.255 e. The van der Waals surface area contributed by atoms with Crippen LogP contribution >= 0.6 is 0 Å². The van der Waals surface area contributed by atoms with Crippen molar-refractivity contribution in [2.45, 2.75) is 26.8 Å². The summed E-state index contributed by atoms with van der Waals surface area (Å²) in [6.07, 6.45) is 4.13. The van der Waals surface area contributed by atoms with Crippen LogP contribution in [0, 0.1) is 6.92 Å². The molecule has 0 spiro atoms. The fourth-order valence-electron chi connectivity index (χ4n) is 2.91.